The molecule has 25 heavy (non-hydrogen) atoms. The Balaban J connectivity index is 1.88. The zero-order valence-electron chi connectivity index (χ0n) is 15.0. The number of carbonyl (C=O) groups excluding carboxylic acids is 1. The molecule has 2 heterocycles. The van der Waals surface area contributed by atoms with Crippen LogP contribution < -0.4 is 0 Å². The summed E-state index contributed by atoms with van der Waals surface area (Å²) in [7, 11) is 0. The second kappa shape index (κ2) is 5.99. The minimum absolute atomic E-state index is 0.0280. The number of hydrogen-bond acceptors (Lipinski definition) is 2. The fourth-order valence-electron chi connectivity index (χ4n) is 3.77. The van der Waals surface area contributed by atoms with Crippen molar-refractivity contribution in [3.8, 4) is 11.3 Å². The summed E-state index contributed by atoms with van der Waals surface area (Å²) in [6, 6.07) is 15.0. The normalized spacial score (nSPS) is 16.0. The van der Waals surface area contributed by atoms with Crippen molar-refractivity contribution >= 4 is 17.1 Å². The van der Waals surface area contributed by atoms with Gasteiger partial charge in [0, 0.05) is 28.2 Å². The quantitative estimate of drug-likeness (QED) is 0.592. The third-order valence-electron chi connectivity index (χ3n) is 5.04. The maximum atomic E-state index is 12.7. The van der Waals surface area contributed by atoms with E-state index in [9.17, 15) is 4.79 Å². The Morgan fingerprint density at radius 3 is 2.56 bits per heavy atom. The van der Waals surface area contributed by atoms with Gasteiger partial charge in [0.15, 0.2) is 5.78 Å². The smallest absolute Gasteiger partial charge is 0.165 e. The van der Waals surface area contributed by atoms with Crippen molar-refractivity contribution in [3.63, 3.8) is 0 Å². The molecule has 0 atom stereocenters. The summed E-state index contributed by atoms with van der Waals surface area (Å²) in [6.45, 7) is 7.33. The van der Waals surface area contributed by atoms with E-state index in [4.69, 9.17) is 0 Å². The van der Waals surface area contributed by atoms with E-state index < -0.39 is 0 Å². The molecule has 3 aromatic rings. The van der Waals surface area contributed by atoms with Crippen molar-refractivity contribution in [2.24, 2.45) is 5.41 Å². The van der Waals surface area contributed by atoms with Crippen molar-refractivity contribution in [2.75, 3.05) is 0 Å². The van der Waals surface area contributed by atoms with E-state index in [0.717, 1.165) is 24.2 Å². The molecule has 0 N–H and O–H groups in total. The number of aryl methyl sites for hydroxylation is 1. The van der Waals surface area contributed by atoms with Crippen molar-refractivity contribution < 1.29 is 4.79 Å². The van der Waals surface area contributed by atoms with Gasteiger partial charge in [0.05, 0.1) is 6.54 Å². The first-order valence-electron chi connectivity index (χ1n) is 8.78. The first-order valence-corrected chi connectivity index (χ1v) is 9.66. The van der Waals surface area contributed by atoms with Gasteiger partial charge in [-0.05, 0) is 41.8 Å². The van der Waals surface area contributed by atoms with Crippen LogP contribution in [0.25, 0.3) is 11.3 Å². The van der Waals surface area contributed by atoms with Crippen molar-refractivity contribution in [3.05, 3.63) is 69.5 Å². The number of Topliss-reactive ketones (excluding diaryl/α,β-unsaturated/α-hetero) is 1. The number of aromatic nitrogens is 1. The predicted octanol–water partition coefficient (Wildman–Crippen LogP) is 5.73. The van der Waals surface area contributed by atoms with Crippen LogP contribution in [0.3, 0.4) is 0 Å². The largest absolute Gasteiger partial charge is 0.339 e. The fraction of sp³-hybridized carbons (Fsp3) is 0.318. The second-order valence-electron chi connectivity index (χ2n) is 7.86. The highest BCUT2D eigenvalue weighted by Gasteiger charge is 2.34. The van der Waals surface area contributed by atoms with Gasteiger partial charge >= 0.3 is 0 Å². The summed E-state index contributed by atoms with van der Waals surface area (Å²) in [5.74, 6) is 0.282. The topological polar surface area (TPSA) is 22.0 Å². The summed E-state index contributed by atoms with van der Waals surface area (Å²) >= 11 is 1.77. The zero-order chi connectivity index (χ0) is 17.6. The average molecular weight is 349 g/mol. The average Bonchev–Trinajstić information content (AvgIpc) is 3.17. The Morgan fingerprint density at radius 1 is 1.12 bits per heavy atom. The Bertz CT molecular complexity index is 914. The molecule has 1 aromatic carbocycles. The van der Waals surface area contributed by atoms with Crippen molar-refractivity contribution in [1.29, 1.82) is 0 Å². The Kier molecular flexibility index (Phi) is 3.92. The number of nitrogens with zero attached hydrogens (tertiary/aromatic N) is 1. The molecule has 0 fully saturated rings. The van der Waals surface area contributed by atoms with E-state index in [0.29, 0.717) is 6.42 Å². The zero-order valence-corrected chi connectivity index (χ0v) is 15.8. The minimum Gasteiger partial charge on any atom is -0.339 e. The number of carbonyl (C=O) groups is 1. The van der Waals surface area contributed by atoms with Gasteiger partial charge in [-0.15, -0.1) is 11.3 Å². The molecule has 0 amide bonds. The number of fused-ring (bicyclic) bond motifs is 1. The van der Waals surface area contributed by atoms with E-state index in [1.54, 1.807) is 11.3 Å². The first kappa shape index (κ1) is 16.3. The van der Waals surface area contributed by atoms with Crippen LogP contribution in [-0.2, 0) is 13.0 Å². The van der Waals surface area contributed by atoms with Gasteiger partial charge in [-0.2, -0.15) is 0 Å². The third kappa shape index (κ3) is 3.09. The number of rotatable bonds is 3. The molecule has 3 heteroatoms. The molecule has 0 spiro atoms. The molecule has 2 nitrogen and oxygen atoms in total. The molecule has 0 aliphatic heterocycles. The molecule has 2 aromatic heterocycles. The summed E-state index contributed by atoms with van der Waals surface area (Å²) in [6.07, 6.45) is 1.58. The lowest BCUT2D eigenvalue weighted by Gasteiger charge is -2.30. The van der Waals surface area contributed by atoms with Crippen LogP contribution in [0.2, 0.25) is 0 Å². The van der Waals surface area contributed by atoms with Gasteiger partial charge in [0.2, 0.25) is 0 Å². The van der Waals surface area contributed by atoms with Gasteiger partial charge < -0.3 is 4.57 Å². The van der Waals surface area contributed by atoms with E-state index in [2.05, 4.69) is 73.2 Å². The molecular weight excluding hydrogens is 326 g/mol. The molecule has 0 saturated carbocycles. The molecule has 0 saturated heterocycles. The lowest BCUT2D eigenvalue weighted by atomic mass is 9.76. The van der Waals surface area contributed by atoms with E-state index in [1.807, 2.05) is 0 Å². The van der Waals surface area contributed by atoms with Crippen LogP contribution in [0.4, 0.5) is 0 Å². The van der Waals surface area contributed by atoms with Crippen LogP contribution in [0, 0.1) is 12.3 Å². The van der Waals surface area contributed by atoms with E-state index in [-0.39, 0.29) is 11.2 Å². The second-order valence-corrected chi connectivity index (χ2v) is 8.89. The first-order chi connectivity index (χ1) is 11.9. The number of ketones is 1. The van der Waals surface area contributed by atoms with Crippen molar-refractivity contribution in [2.45, 2.75) is 40.2 Å². The predicted molar refractivity (Wildman–Crippen MR) is 104 cm³/mol. The maximum absolute atomic E-state index is 12.7. The van der Waals surface area contributed by atoms with Crippen molar-refractivity contribution in [1.82, 2.24) is 4.57 Å². The SMILES string of the molecule is Cc1ccc(-c2cc3c(n2Cc2cccs2)CC(C)(C)CC3=O)cc1. The highest BCUT2D eigenvalue weighted by molar-refractivity contribution is 7.09. The standard InChI is InChI=1S/C22H23NOS/c1-15-6-8-16(9-7-15)19-11-18-20(12-22(2,3)13-21(18)24)23(19)14-17-5-4-10-25-17/h4-11H,12-14H2,1-3H3. The van der Waals surface area contributed by atoms with E-state index >= 15 is 0 Å². The molecule has 0 bridgehead atoms. The molecule has 4 rings (SSSR count). The van der Waals surface area contributed by atoms with Crippen LogP contribution in [0.5, 0.6) is 0 Å². The summed E-state index contributed by atoms with van der Waals surface area (Å²) < 4.78 is 2.37. The minimum atomic E-state index is 0.0280. The number of thiophene rings is 1. The fourth-order valence-corrected chi connectivity index (χ4v) is 4.46. The van der Waals surface area contributed by atoms with E-state index in [1.165, 1.54) is 21.7 Å². The molecule has 0 radical (unpaired) electrons. The maximum Gasteiger partial charge on any atom is 0.165 e. The Labute approximate surface area is 153 Å². The Morgan fingerprint density at radius 2 is 1.88 bits per heavy atom. The van der Waals surface area contributed by atoms with Crippen LogP contribution in [0.15, 0.2) is 47.8 Å². The molecular formula is C22H23NOS. The lowest BCUT2D eigenvalue weighted by Crippen LogP contribution is -2.28. The highest BCUT2D eigenvalue weighted by atomic mass is 32.1. The van der Waals surface area contributed by atoms with Gasteiger partial charge in [-0.1, -0.05) is 49.7 Å². The number of benzene rings is 1. The highest BCUT2D eigenvalue weighted by Crippen LogP contribution is 2.39. The molecule has 1 aliphatic rings. The number of hydrogen-bond donors (Lipinski definition) is 0. The van der Waals surface area contributed by atoms with Crippen LogP contribution in [-0.4, -0.2) is 10.4 Å². The molecule has 128 valence electrons. The van der Waals surface area contributed by atoms with Gasteiger partial charge in [-0.3, -0.25) is 4.79 Å². The molecule has 0 unspecified atom stereocenters. The summed E-state index contributed by atoms with van der Waals surface area (Å²) in [4.78, 5) is 14.1. The van der Waals surface area contributed by atoms with Gasteiger partial charge in [-0.25, -0.2) is 0 Å². The summed E-state index contributed by atoms with van der Waals surface area (Å²) in [5, 5.41) is 2.12. The van der Waals surface area contributed by atoms with Crippen LogP contribution >= 0.6 is 11.3 Å². The summed E-state index contributed by atoms with van der Waals surface area (Å²) in [5.41, 5.74) is 5.74. The van der Waals surface area contributed by atoms with Crippen LogP contribution in [0.1, 0.15) is 46.8 Å². The van der Waals surface area contributed by atoms with Gasteiger partial charge in [0.25, 0.3) is 0 Å². The Hall–Kier alpha value is -2.13. The van der Waals surface area contributed by atoms with Gasteiger partial charge in [0.1, 0.15) is 0 Å². The third-order valence-corrected chi connectivity index (χ3v) is 5.90. The lowest BCUT2D eigenvalue weighted by molar-refractivity contribution is 0.0910. The molecule has 1 aliphatic carbocycles. The monoisotopic (exact) mass is 349 g/mol.